The highest BCUT2D eigenvalue weighted by Gasteiger charge is 2.14. The molecule has 202 valence electrons. The lowest BCUT2D eigenvalue weighted by Gasteiger charge is -2.14. The quantitative estimate of drug-likeness (QED) is 0.137. The average molecular weight is 662 g/mol. The van der Waals surface area contributed by atoms with Gasteiger partial charge in [0, 0.05) is 10.2 Å². The zero-order chi connectivity index (χ0) is 28.5. The highest BCUT2D eigenvalue weighted by molar-refractivity contribution is 9.10. The number of benzene rings is 4. The first-order valence-corrected chi connectivity index (χ1v) is 13.9. The molecule has 0 saturated heterocycles. The first-order chi connectivity index (χ1) is 19.3. The topological polar surface area (TPSA) is 80.6 Å². The van der Waals surface area contributed by atoms with Gasteiger partial charge in [-0.05, 0) is 94.2 Å². The van der Waals surface area contributed by atoms with Crippen LogP contribution in [0.25, 0.3) is 6.08 Å². The van der Waals surface area contributed by atoms with E-state index in [0.717, 1.165) is 15.6 Å². The summed E-state index contributed by atoms with van der Waals surface area (Å²) in [4.78, 5) is 12.9. The van der Waals surface area contributed by atoms with Crippen LogP contribution in [0, 0.1) is 18.3 Å². The Bertz CT molecular complexity index is 1540. The van der Waals surface area contributed by atoms with Crippen LogP contribution in [0.1, 0.15) is 22.3 Å². The summed E-state index contributed by atoms with van der Waals surface area (Å²) in [6.45, 7) is 2.82. The second-order valence-electron chi connectivity index (χ2n) is 8.87. The molecule has 40 heavy (non-hydrogen) atoms. The molecule has 0 aliphatic rings. The molecule has 4 aromatic rings. The molecule has 0 radical (unpaired) electrons. The number of methoxy groups -OCH3 is 1. The highest BCUT2D eigenvalue weighted by Crippen LogP contribution is 2.38. The van der Waals surface area contributed by atoms with Gasteiger partial charge in [0.2, 0.25) is 0 Å². The van der Waals surface area contributed by atoms with Gasteiger partial charge in [0.15, 0.2) is 11.5 Å². The van der Waals surface area contributed by atoms with Crippen molar-refractivity contribution in [3.8, 4) is 23.3 Å². The number of nitrogens with one attached hydrogen (secondary N) is 1. The summed E-state index contributed by atoms with van der Waals surface area (Å²) in [7, 11) is 1.54. The van der Waals surface area contributed by atoms with Crippen LogP contribution in [0.15, 0.2) is 99.4 Å². The number of amides is 1. The van der Waals surface area contributed by atoms with Crippen LogP contribution in [0.2, 0.25) is 0 Å². The van der Waals surface area contributed by atoms with Crippen molar-refractivity contribution in [2.24, 2.45) is 0 Å². The zero-order valence-electron chi connectivity index (χ0n) is 21.9. The third-order valence-electron chi connectivity index (χ3n) is 5.86. The molecule has 0 bridgehead atoms. The molecule has 4 aromatic carbocycles. The van der Waals surface area contributed by atoms with Gasteiger partial charge in [0.25, 0.3) is 5.91 Å². The maximum Gasteiger partial charge on any atom is 0.266 e. The first kappa shape index (κ1) is 28.9. The van der Waals surface area contributed by atoms with Gasteiger partial charge in [0.05, 0.1) is 11.6 Å². The molecule has 0 fully saturated rings. The van der Waals surface area contributed by atoms with Gasteiger partial charge in [-0.25, -0.2) is 0 Å². The fourth-order valence-electron chi connectivity index (χ4n) is 3.70. The molecule has 0 spiro atoms. The van der Waals surface area contributed by atoms with E-state index in [9.17, 15) is 10.1 Å². The number of anilines is 1. The van der Waals surface area contributed by atoms with Crippen LogP contribution in [-0.2, 0) is 18.0 Å². The Morgan fingerprint density at radius 1 is 0.900 bits per heavy atom. The van der Waals surface area contributed by atoms with Gasteiger partial charge in [-0.1, -0.05) is 57.9 Å². The van der Waals surface area contributed by atoms with Crippen molar-refractivity contribution in [1.82, 2.24) is 0 Å². The van der Waals surface area contributed by atoms with Crippen LogP contribution < -0.4 is 19.5 Å². The first-order valence-electron chi connectivity index (χ1n) is 12.3. The molecular weight excluding hydrogens is 636 g/mol. The number of aryl methyl sites for hydroxylation is 1. The summed E-state index contributed by atoms with van der Waals surface area (Å²) in [5.74, 6) is 1.15. The Morgan fingerprint density at radius 3 is 2.15 bits per heavy atom. The highest BCUT2D eigenvalue weighted by atomic mass is 79.9. The predicted molar refractivity (Wildman–Crippen MR) is 163 cm³/mol. The molecule has 4 rings (SSSR count). The van der Waals surface area contributed by atoms with Crippen molar-refractivity contribution in [3.05, 3.63) is 122 Å². The van der Waals surface area contributed by atoms with E-state index in [1.54, 1.807) is 36.4 Å². The Hall–Kier alpha value is -4.06. The smallest absolute Gasteiger partial charge is 0.266 e. The predicted octanol–water partition coefficient (Wildman–Crippen LogP) is 8.23. The largest absolute Gasteiger partial charge is 0.493 e. The lowest BCUT2D eigenvalue weighted by molar-refractivity contribution is -0.112. The van der Waals surface area contributed by atoms with Gasteiger partial charge in [0.1, 0.15) is 30.6 Å². The van der Waals surface area contributed by atoms with Gasteiger partial charge in [-0.2, -0.15) is 5.26 Å². The van der Waals surface area contributed by atoms with E-state index in [1.165, 1.54) is 18.7 Å². The monoisotopic (exact) mass is 660 g/mol. The number of nitriles is 1. The van der Waals surface area contributed by atoms with E-state index in [2.05, 4.69) is 37.2 Å². The van der Waals surface area contributed by atoms with Gasteiger partial charge < -0.3 is 19.5 Å². The van der Waals surface area contributed by atoms with Crippen LogP contribution >= 0.6 is 31.9 Å². The van der Waals surface area contributed by atoms with E-state index in [4.69, 9.17) is 14.2 Å². The number of halogens is 2. The second-order valence-corrected chi connectivity index (χ2v) is 10.6. The summed E-state index contributed by atoms with van der Waals surface area (Å²) in [6, 6.07) is 28.4. The van der Waals surface area contributed by atoms with E-state index in [-0.39, 0.29) is 5.57 Å². The Balaban J connectivity index is 1.41. The molecule has 0 aromatic heterocycles. The molecule has 0 atom stereocenters. The van der Waals surface area contributed by atoms with Crippen molar-refractivity contribution < 1.29 is 19.0 Å². The summed E-state index contributed by atoms with van der Waals surface area (Å²) in [5.41, 5.74) is 4.33. The SMILES string of the molecule is COc1cc(/C=C(\C#N)C(=O)Nc2ccc(OCc3ccc(Br)cc3)cc2)cc(Br)c1OCc1ccc(C)cc1. The normalized spacial score (nSPS) is 10.9. The summed E-state index contributed by atoms with van der Waals surface area (Å²) < 4.78 is 19.0. The fourth-order valence-corrected chi connectivity index (χ4v) is 4.54. The van der Waals surface area contributed by atoms with Crippen molar-refractivity contribution >= 4 is 49.5 Å². The minimum Gasteiger partial charge on any atom is -0.493 e. The molecular formula is C32H26Br2N2O4. The summed E-state index contributed by atoms with van der Waals surface area (Å²) in [6.07, 6.45) is 1.50. The Labute approximate surface area is 250 Å². The third kappa shape index (κ3) is 7.98. The number of carbonyl (C=O) groups excluding carboxylic acids is 1. The van der Waals surface area contributed by atoms with Gasteiger partial charge >= 0.3 is 0 Å². The molecule has 0 unspecified atom stereocenters. The van der Waals surface area contributed by atoms with Crippen LogP contribution in [0.5, 0.6) is 17.2 Å². The number of nitrogens with zero attached hydrogens (tertiary/aromatic N) is 1. The molecule has 6 nitrogen and oxygen atoms in total. The summed E-state index contributed by atoms with van der Waals surface area (Å²) >= 11 is 6.95. The Kier molecular flexibility index (Phi) is 10.0. The van der Waals surface area contributed by atoms with Crippen LogP contribution in [0.3, 0.4) is 0 Å². The van der Waals surface area contributed by atoms with E-state index >= 15 is 0 Å². The standard InChI is InChI=1S/C32H26Br2N2O4/c1-21-3-5-22(6-4-21)20-40-31-29(34)16-24(17-30(31)38-2)15-25(18-35)32(37)36-27-11-13-28(14-12-27)39-19-23-7-9-26(33)10-8-23/h3-17H,19-20H2,1-2H3,(H,36,37)/b25-15+. The minimum atomic E-state index is -0.527. The minimum absolute atomic E-state index is 0.0576. The lowest BCUT2D eigenvalue weighted by Crippen LogP contribution is -2.13. The fraction of sp³-hybridized carbons (Fsp3) is 0.125. The second kappa shape index (κ2) is 13.8. The van der Waals surface area contributed by atoms with E-state index < -0.39 is 5.91 Å². The van der Waals surface area contributed by atoms with Crippen molar-refractivity contribution in [3.63, 3.8) is 0 Å². The molecule has 8 heteroatoms. The maximum atomic E-state index is 12.9. The van der Waals surface area contributed by atoms with Gasteiger partial charge in [-0.15, -0.1) is 0 Å². The number of hydrogen-bond acceptors (Lipinski definition) is 5. The maximum absolute atomic E-state index is 12.9. The number of hydrogen-bond donors (Lipinski definition) is 1. The van der Waals surface area contributed by atoms with Crippen molar-refractivity contribution in [2.75, 3.05) is 12.4 Å². The zero-order valence-corrected chi connectivity index (χ0v) is 25.1. The number of rotatable bonds is 10. The molecule has 0 heterocycles. The van der Waals surface area contributed by atoms with Crippen molar-refractivity contribution in [1.29, 1.82) is 5.26 Å². The molecule has 0 aliphatic heterocycles. The number of ether oxygens (including phenoxy) is 3. The molecule has 0 saturated carbocycles. The van der Waals surface area contributed by atoms with E-state index in [1.807, 2.05) is 61.5 Å². The van der Waals surface area contributed by atoms with Crippen LogP contribution in [-0.4, -0.2) is 13.0 Å². The lowest BCUT2D eigenvalue weighted by atomic mass is 10.1. The number of carbonyl (C=O) groups is 1. The molecule has 1 amide bonds. The molecule has 0 aliphatic carbocycles. The summed E-state index contributed by atoms with van der Waals surface area (Å²) in [5, 5.41) is 12.4. The molecule has 1 N–H and O–H groups in total. The third-order valence-corrected chi connectivity index (χ3v) is 6.98. The van der Waals surface area contributed by atoms with E-state index in [0.29, 0.717) is 46.2 Å². The van der Waals surface area contributed by atoms with Crippen molar-refractivity contribution in [2.45, 2.75) is 20.1 Å². The van der Waals surface area contributed by atoms with Gasteiger partial charge in [-0.3, -0.25) is 4.79 Å². The van der Waals surface area contributed by atoms with Crippen LogP contribution in [0.4, 0.5) is 5.69 Å². The Morgan fingerprint density at radius 2 is 1.52 bits per heavy atom. The average Bonchev–Trinajstić information content (AvgIpc) is 2.96.